The van der Waals surface area contributed by atoms with Crippen molar-refractivity contribution in [1.29, 1.82) is 0 Å². The van der Waals surface area contributed by atoms with Crippen LogP contribution in [0.3, 0.4) is 0 Å². The Labute approximate surface area is 207 Å². The number of anilines is 1. The van der Waals surface area contributed by atoms with Gasteiger partial charge in [-0.25, -0.2) is 4.21 Å². The second-order valence-electron chi connectivity index (χ2n) is 8.50. The first kappa shape index (κ1) is 23.1. The fourth-order valence-corrected chi connectivity index (χ4v) is 4.53. The van der Waals surface area contributed by atoms with E-state index in [2.05, 4.69) is 46.0 Å². The van der Waals surface area contributed by atoms with Gasteiger partial charge in [0, 0.05) is 36.1 Å². The molecule has 35 heavy (non-hydrogen) atoms. The Morgan fingerprint density at radius 1 is 0.714 bits per heavy atom. The Morgan fingerprint density at radius 3 is 1.80 bits per heavy atom. The molecule has 2 N–H and O–H groups in total. The molecule has 0 aliphatic heterocycles. The molecule has 0 radical (unpaired) electrons. The third-order valence-electron chi connectivity index (χ3n) is 5.96. The minimum absolute atomic E-state index is 0.618. The lowest BCUT2D eigenvalue weighted by Gasteiger charge is -2.22. The molecule has 0 aliphatic rings. The topological polar surface area (TPSA) is 78.4 Å². The average Bonchev–Trinajstić information content (AvgIpc) is 2.88. The van der Waals surface area contributed by atoms with E-state index in [0.29, 0.717) is 18.8 Å². The van der Waals surface area contributed by atoms with E-state index in [4.69, 9.17) is 14.5 Å². The number of para-hydroxylation sites is 2. The quantitative estimate of drug-likeness (QED) is 0.268. The van der Waals surface area contributed by atoms with Crippen LogP contribution in [-0.4, -0.2) is 30.2 Å². The van der Waals surface area contributed by atoms with Gasteiger partial charge in [0.15, 0.2) is 0 Å². The molecule has 0 saturated carbocycles. The zero-order valence-electron chi connectivity index (χ0n) is 19.2. The van der Waals surface area contributed by atoms with Crippen molar-refractivity contribution in [3.63, 3.8) is 0 Å². The van der Waals surface area contributed by atoms with Crippen molar-refractivity contribution in [2.75, 3.05) is 11.3 Å². The second-order valence-corrected chi connectivity index (χ2v) is 9.20. The van der Waals surface area contributed by atoms with Crippen molar-refractivity contribution in [1.82, 2.24) is 14.9 Å². The first-order valence-electron chi connectivity index (χ1n) is 11.5. The smallest absolute Gasteiger partial charge is 0.259 e. The summed E-state index contributed by atoms with van der Waals surface area (Å²) in [6.07, 6.45) is 0.837. The SMILES string of the molecule is O=S(O)Nc1ccc(CCN(Cc2ccc3ccccc3n2)Cc2ccc3ccccc3n2)cc1. The minimum atomic E-state index is -2.07. The van der Waals surface area contributed by atoms with Crippen LogP contribution < -0.4 is 4.72 Å². The maximum atomic E-state index is 11.0. The molecule has 0 aliphatic carbocycles. The molecular formula is C28H26N4O2S. The summed E-state index contributed by atoms with van der Waals surface area (Å²) in [7, 11) is 0. The summed E-state index contributed by atoms with van der Waals surface area (Å²) in [6, 6.07) is 32.4. The summed E-state index contributed by atoms with van der Waals surface area (Å²) in [4.78, 5) is 12.1. The summed E-state index contributed by atoms with van der Waals surface area (Å²) < 4.78 is 22.5. The van der Waals surface area contributed by atoms with Gasteiger partial charge in [0.1, 0.15) is 0 Å². The molecule has 1 atom stereocenters. The van der Waals surface area contributed by atoms with Crippen LogP contribution in [-0.2, 0) is 30.8 Å². The highest BCUT2D eigenvalue weighted by Gasteiger charge is 2.11. The molecular weight excluding hydrogens is 456 g/mol. The number of fused-ring (bicyclic) bond motifs is 2. The maximum absolute atomic E-state index is 11.0. The van der Waals surface area contributed by atoms with Crippen molar-refractivity contribution >= 4 is 38.8 Å². The first-order valence-corrected chi connectivity index (χ1v) is 12.6. The van der Waals surface area contributed by atoms with Gasteiger partial charge in [-0.2, -0.15) is 0 Å². The van der Waals surface area contributed by atoms with E-state index in [1.165, 1.54) is 0 Å². The van der Waals surface area contributed by atoms with Crippen LogP contribution in [0.15, 0.2) is 97.1 Å². The Morgan fingerprint density at radius 2 is 1.26 bits per heavy atom. The van der Waals surface area contributed by atoms with Crippen molar-refractivity contribution < 1.29 is 8.76 Å². The molecule has 176 valence electrons. The molecule has 7 heteroatoms. The lowest BCUT2D eigenvalue weighted by atomic mass is 10.1. The van der Waals surface area contributed by atoms with Crippen LogP contribution >= 0.6 is 0 Å². The number of aromatic nitrogens is 2. The Balaban J connectivity index is 1.35. The predicted molar refractivity (Wildman–Crippen MR) is 142 cm³/mol. The minimum Gasteiger partial charge on any atom is -0.291 e. The highest BCUT2D eigenvalue weighted by atomic mass is 32.2. The molecule has 5 aromatic rings. The monoisotopic (exact) mass is 482 g/mol. The van der Waals surface area contributed by atoms with Gasteiger partial charge in [-0.3, -0.25) is 24.1 Å². The van der Waals surface area contributed by atoms with Crippen molar-refractivity contribution in [3.8, 4) is 0 Å². The third kappa shape index (κ3) is 6.08. The van der Waals surface area contributed by atoms with Gasteiger partial charge in [-0.1, -0.05) is 60.7 Å². The average molecular weight is 483 g/mol. The van der Waals surface area contributed by atoms with Gasteiger partial charge >= 0.3 is 0 Å². The number of rotatable bonds is 9. The van der Waals surface area contributed by atoms with Gasteiger partial charge in [-0.15, -0.1) is 0 Å². The zero-order valence-corrected chi connectivity index (χ0v) is 20.0. The molecule has 1 unspecified atom stereocenters. The van der Waals surface area contributed by atoms with Gasteiger partial charge < -0.3 is 0 Å². The predicted octanol–water partition coefficient (Wildman–Crippen LogP) is 5.58. The lowest BCUT2D eigenvalue weighted by Crippen LogP contribution is -2.26. The Bertz CT molecular complexity index is 1390. The number of pyridine rings is 2. The van der Waals surface area contributed by atoms with E-state index in [-0.39, 0.29) is 0 Å². The van der Waals surface area contributed by atoms with E-state index in [1.54, 1.807) is 0 Å². The van der Waals surface area contributed by atoms with Crippen LogP contribution in [0, 0.1) is 0 Å². The van der Waals surface area contributed by atoms with E-state index < -0.39 is 11.3 Å². The Hall–Kier alpha value is -3.65. The highest BCUT2D eigenvalue weighted by molar-refractivity contribution is 7.80. The van der Waals surface area contributed by atoms with Gasteiger partial charge in [0.05, 0.1) is 22.4 Å². The molecule has 2 aromatic heterocycles. The summed E-state index contributed by atoms with van der Waals surface area (Å²) in [5.41, 5.74) is 5.81. The first-order chi connectivity index (χ1) is 17.1. The summed E-state index contributed by atoms with van der Waals surface area (Å²) in [5, 5.41) is 2.27. The molecule has 0 saturated heterocycles. The van der Waals surface area contributed by atoms with Gasteiger partial charge in [0.25, 0.3) is 11.3 Å². The molecule has 0 amide bonds. The Kier molecular flexibility index (Phi) is 7.09. The number of hydrogen-bond acceptors (Lipinski definition) is 4. The zero-order chi connectivity index (χ0) is 24.0. The van der Waals surface area contributed by atoms with Crippen molar-refractivity contribution in [3.05, 3.63) is 114 Å². The molecule has 3 aromatic carbocycles. The molecule has 0 bridgehead atoms. The number of nitrogens with zero attached hydrogens (tertiary/aromatic N) is 3. The molecule has 0 spiro atoms. The number of nitrogens with one attached hydrogen (secondary N) is 1. The largest absolute Gasteiger partial charge is 0.291 e. The van der Waals surface area contributed by atoms with Crippen LogP contribution in [0.5, 0.6) is 0 Å². The van der Waals surface area contributed by atoms with Crippen LogP contribution in [0.2, 0.25) is 0 Å². The van der Waals surface area contributed by atoms with Crippen LogP contribution in [0.1, 0.15) is 17.0 Å². The van der Waals surface area contributed by atoms with E-state index in [1.807, 2.05) is 60.7 Å². The van der Waals surface area contributed by atoms with Gasteiger partial charge in [-0.05, 0) is 48.4 Å². The van der Waals surface area contributed by atoms with Crippen LogP contribution in [0.25, 0.3) is 21.8 Å². The maximum Gasteiger partial charge on any atom is 0.259 e. The standard InChI is InChI=1S/C28H26N4O2S/c33-35(34)31-24-13-9-21(10-14-24)17-18-32(19-25-15-11-22-5-1-3-7-27(22)29-25)20-26-16-12-23-6-2-4-8-28(23)30-26/h1-16,31H,17-20H2,(H,33,34). The summed E-state index contributed by atoms with van der Waals surface area (Å²) in [6.45, 7) is 2.24. The summed E-state index contributed by atoms with van der Waals surface area (Å²) in [5.74, 6) is 0. The number of hydrogen-bond donors (Lipinski definition) is 2. The fourth-order valence-electron chi connectivity index (χ4n) is 4.19. The second kappa shape index (κ2) is 10.7. The van der Waals surface area contributed by atoms with Crippen molar-refractivity contribution in [2.45, 2.75) is 19.5 Å². The molecule has 5 rings (SSSR count). The van der Waals surface area contributed by atoms with E-state index >= 15 is 0 Å². The fraction of sp³-hybridized carbons (Fsp3) is 0.143. The third-order valence-corrected chi connectivity index (χ3v) is 6.37. The van der Waals surface area contributed by atoms with Crippen molar-refractivity contribution in [2.24, 2.45) is 0 Å². The normalized spacial score (nSPS) is 12.3. The molecule has 0 fully saturated rings. The molecule has 6 nitrogen and oxygen atoms in total. The van der Waals surface area contributed by atoms with E-state index in [0.717, 1.165) is 51.7 Å². The molecule has 2 heterocycles. The van der Waals surface area contributed by atoms with Crippen LogP contribution in [0.4, 0.5) is 5.69 Å². The van der Waals surface area contributed by atoms with Gasteiger partial charge in [0.2, 0.25) is 0 Å². The highest BCUT2D eigenvalue weighted by Crippen LogP contribution is 2.17. The summed E-state index contributed by atoms with van der Waals surface area (Å²) >= 11 is -2.07. The van der Waals surface area contributed by atoms with E-state index in [9.17, 15) is 4.21 Å². The number of benzene rings is 3. The lowest BCUT2D eigenvalue weighted by molar-refractivity contribution is 0.254.